The number of ether oxygens (including phenoxy) is 2. The molecule has 0 unspecified atom stereocenters. The number of hydrogen-bond acceptors (Lipinski definition) is 4. The van der Waals surface area contributed by atoms with Crippen LogP contribution in [0.1, 0.15) is 25.3 Å². The molecule has 0 saturated carbocycles. The Bertz CT molecular complexity index is 963. The number of para-hydroxylation sites is 2. The first-order valence-electron chi connectivity index (χ1n) is 11.4. The van der Waals surface area contributed by atoms with Gasteiger partial charge in [-0.2, -0.15) is 0 Å². The Balaban J connectivity index is 1.49. The number of fused-ring (bicyclic) bond motifs is 1. The van der Waals surface area contributed by atoms with Crippen LogP contribution in [-0.4, -0.2) is 44.8 Å². The molecule has 2 aliphatic heterocycles. The van der Waals surface area contributed by atoms with Crippen LogP contribution in [0.4, 0.5) is 15.5 Å². The molecule has 0 radical (unpaired) electrons. The van der Waals surface area contributed by atoms with Crippen molar-refractivity contribution in [3.05, 3.63) is 54.1 Å². The van der Waals surface area contributed by atoms with Crippen molar-refractivity contribution in [1.82, 2.24) is 0 Å². The summed E-state index contributed by atoms with van der Waals surface area (Å²) in [4.78, 5) is 14.3. The smallest absolute Gasteiger partial charge is 0.269 e. The van der Waals surface area contributed by atoms with E-state index in [-0.39, 0.29) is 42.8 Å². The summed E-state index contributed by atoms with van der Waals surface area (Å²) >= 11 is 0. The molecule has 0 aromatic heterocycles. The highest BCUT2D eigenvalue weighted by atomic mass is 28.4. The third-order valence-corrected chi connectivity index (χ3v) is 9.19. The largest absolute Gasteiger partial charge is 0.482 e. The van der Waals surface area contributed by atoms with Crippen LogP contribution in [0.3, 0.4) is 0 Å². The molecule has 7 heteroatoms. The Labute approximate surface area is 190 Å². The van der Waals surface area contributed by atoms with E-state index in [1.165, 1.54) is 0 Å². The molecule has 2 heterocycles. The van der Waals surface area contributed by atoms with Gasteiger partial charge in [0.2, 0.25) is 8.41 Å². The minimum absolute atomic E-state index is 0.0161. The fourth-order valence-corrected chi connectivity index (χ4v) is 7.92. The van der Waals surface area contributed by atoms with E-state index >= 15 is 4.11 Å². The van der Waals surface area contributed by atoms with E-state index in [2.05, 4.69) is 13.0 Å². The van der Waals surface area contributed by atoms with Crippen LogP contribution in [-0.2, 0) is 16.0 Å². The standard InChI is InChI=1S/C25H32FNO4Si/c1-17-21(31-23(13-14-28)25(17)32(2,3)26)12-11-18-7-6-8-19(15-18)27-20-9-4-5-10-22(20)30-16-24(27)29/h4-10,15,17,21,23,25,28H,11-14,16H2,1-3H3/t17-,21+,23-,25+/m1/s1. The molecule has 2 aliphatic rings. The Hall–Kier alpha value is -2.22. The molecule has 4 atom stereocenters. The Morgan fingerprint density at radius 3 is 2.66 bits per heavy atom. The fraction of sp³-hybridized carbons (Fsp3) is 0.480. The first-order chi connectivity index (χ1) is 15.3. The minimum atomic E-state index is -2.90. The van der Waals surface area contributed by atoms with Crippen molar-refractivity contribution in [2.45, 2.75) is 57.0 Å². The summed E-state index contributed by atoms with van der Waals surface area (Å²) in [5.74, 6) is 0.720. The molecule has 2 aromatic carbocycles. The SMILES string of the molecule is C[C@H]1[C@H]([Si](C)(C)F)[C@@H](CCO)O[C@H]1CCc1cccc(N2C(=O)COc3ccccc32)c1. The van der Waals surface area contributed by atoms with Crippen LogP contribution in [0.15, 0.2) is 48.5 Å². The summed E-state index contributed by atoms with van der Waals surface area (Å²) in [5.41, 5.74) is 2.57. The number of halogens is 1. The molecule has 1 amide bonds. The Morgan fingerprint density at radius 1 is 1.12 bits per heavy atom. The molecule has 4 rings (SSSR count). The van der Waals surface area contributed by atoms with Crippen molar-refractivity contribution in [3.63, 3.8) is 0 Å². The van der Waals surface area contributed by atoms with E-state index in [9.17, 15) is 9.90 Å². The topological polar surface area (TPSA) is 59.0 Å². The van der Waals surface area contributed by atoms with E-state index in [0.29, 0.717) is 12.2 Å². The van der Waals surface area contributed by atoms with Gasteiger partial charge in [0, 0.05) is 17.8 Å². The summed E-state index contributed by atoms with van der Waals surface area (Å²) in [5, 5.41) is 9.41. The molecule has 172 valence electrons. The maximum absolute atomic E-state index is 15.0. The van der Waals surface area contributed by atoms with Gasteiger partial charge in [-0.25, -0.2) is 0 Å². The minimum Gasteiger partial charge on any atom is -0.482 e. The maximum Gasteiger partial charge on any atom is 0.269 e. The highest BCUT2D eigenvalue weighted by Gasteiger charge is 2.50. The number of carbonyl (C=O) groups is 1. The van der Waals surface area contributed by atoms with Crippen LogP contribution in [0, 0.1) is 5.92 Å². The number of benzene rings is 2. The van der Waals surface area contributed by atoms with E-state index in [1.807, 2.05) is 42.5 Å². The molecule has 1 saturated heterocycles. The molecule has 32 heavy (non-hydrogen) atoms. The number of hydrogen-bond donors (Lipinski definition) is 1. The molecule has 5 nitrogen and oxygen atoms in total. The van der Waals surface area contributed by atoms with Gasteiger partial charge in [0.05, 0.1) is 17.9 Å². The third-order valence-electron chi connectivity index (χ3n) is 6.70. The lowest BCUT2D eigenvalue weighted by atomic mass is 9.95. The predicted octanol–water partition coefficient (Wildman–Crippen LogP) is 5.01. The monoisotopic (exact) mass is 457 g/mol. The van der Waals surface area contributed by atoms with Gasteiger partial charge in [-0.1, -0.05) is 31.2 Å². The first-order valence-corrected chi connectivity index (χ1v) is 14.3. The Kier molecular flexibility index (Phi) is 6.69. The highest BCUT2D eigenvalue weighted by molar-refractivity contribution is 6.72. The lowest BCUT2D eigenvalue weighted by molar-refractivity contribution is -0.120. The zero-order valence-electron chi connectivity index (χ0n) is 19.0. The lowest BCUT2D eigenvalue weighted by Crippen LogP contribution is -2.36. The summed E-state index contributed by atoms with van der Waals surface area (Å²) in [6.45, 7) is 5.60. The predicted molar refractivity (Wildman–Crippen MR) is 126 cm³/mol. The van der Waals surface area contributed by atoms with Crippen molar-refractivity contribution in [3.8, 4) is 5.75 Å². The van der Waals surface area contributed by atoms with Crippen LogP contribution >= 0.6 is 0 Å². The van der Waals surface area contributed by atoms with E-state index in [4.69, 9.17) is 9.47 Å². The molecule has 0 bridgehead atoms. The van der Waals surface area contributed by atoms with Crippen molar-refractivity contribution in [2.24, 2.45) is 5.92 Å². The Morgan fingerprint density at radius 2 is 1.91 bits per heavy atom. The number of nitrogens with zero attached hydrogens (tertiary/aromatic N) is 1. The molecule has 0 aliphatic carbocycles. The van der Waals surface area contributed by atoms with E-state index in [0.717, 1.165) is 29.8 Å². The van der Waals surface area contributed by atoms with Gasteiger partial charge in [-0.05, 0) is 68.1 Å². The van der Waals surface area contributed by atoms with Crippen LogP contribution in [0.2, 0.25) is 18.6 Å². The van der Waals surface area contributed by atoms with Gasteiger partial charge in [0.15, 0.2) is 6.61 Å². The number of aliphatic hydroxyl groups excluding tert-OH is 1. The van der Waals surface area contributed by atoms with E-state index < -0.39 is 8.41 Å². The number of rotatable bonds is 7. The van der Waals surface area contributed by atoms with Crippen LogP contribution in [0.5, 0.6) is 5.75 Å². The van der Waals surface area contributed by atoms with Gasteiger partial charge in [-0.3, -0.25) is 9.69 Å². The summed E-state index contributed by atoms with van der Waals surface area (Å²) < 4.78 is 26.8. The number of aryl methyl sites for hydroxylation is 1. The molecular formula is C25H32FNO4Si. The van der Waals surface area contributed by atoms with Gasteiger partial charge in [0.1, 0.15) is 5.75 Å². The van der Waals surface area contributed by atoms with Crippen molar-refractivity contribution in [2.75, 3.05) is 18.1 Å². The van der Waals surface area contributed by atoms with Crippen molar-refractivity contribution in [1.29, 1.82) is 0 Å². The average molecular weight is 458 g/mol. The van der Waals surface area contributed by atoms with Gasteiger partial charge in [0.25, 0.3) is 5.91 Å². The quantitative estimate of drug-likeness (QED) is 0.469. The lowest BCUT2D eigenvalue weighted by Gasteiger charge is -2.29. The second kappa shape index (κ2) is 9.33. The first kappa shape index (κ1) is 23.0. The fourth-order valence-electron chi connectivity index (χ4n) is 5.32. The van der Waals surface area contributed by atoms with Crippen LogP contribution in [0.25, 0.3) is 0 Å². The number of amides is 1. The molecule has 1 fully saturated rings. The molecular weight excluding hydrogens is 425 g/mol. The number of anilines is 2. The van der Waals surface area contributed by atoms with E-state index in [1.54, 1.807) is 18.0 Å². The average Bonchev–Trinajstić information content (AvgIpc) is 3.08. The second-order valence-corrected chi connectivity index (χ2v) is 13.2. The highest BCUT2D eigenvalue weighted by Crippen LogP contribution is 2.46. The summed E-state index contributed by atoms with van der Waals surface area (Å²) in [6, 6.07) is 15.5. The van der Waals surface area contributed by atoms with Crippen molar-refractivity contribution < 1.29 is 23.5 Å². The molecule has 1 N–H and O–H groups in total. The maximum atomic E-state index is 15.0. The van der Waals surface area contributed by atoms with Gasteiger partial charge < -0.3 is 18.7 Å². The number of carbonyl (C=O) groups excluding carboxylic acids is 1. The van der Waals surface area contributed by atoms with Gasteiger partial charge >= 0.3 is 0 Å². The summed E-state index contributed by atoms with van der Waals surface area (Å²) in [7, 11) is -2.90. The van der Waals surface area contributed by atoms with Crippen molar-refractivity contribution >= 4 is 25.7 Å². The van der Waals surface area contributed by atoms with Gasteiger partial charge in [-0.15, -0.1) is 0 Å². The van der Waals surface area contributed by atoms with Crippen LogP contribution < -0.4 is 9.64 Å². The third kappa shape index (κ3) is 4.60. The number of aliphatic hydroxyl groups is 1. The zero-order chi connectivity index (χ0) is 22.9. The summed E-state index contributed by atoms with van der Waals surface area (Å²) in [6.07, 6.45) is 1.80. The molecule has 2 aromatic rings. The second-order valence-electron chi connectivity index (χ2n) is 9.37. The zero-order valence-corrected chi connectivity index (χ0v) is 20.0. The normalized spacial score (nSPS) is 25.5. The molecule has 0 spiro atoms.